The van der Waals surface area contributed by atoms with Crippen molar-refractivity contribution in [1.29, 1.82) is 0 Å². The molecular weight excluding hydrogens is 382 g/mol. The van der Waals surface area contributed by atoms with Crippen molar-refractivity contribution in [2.75, 3.05) is 33.4 Å². The predicted octanol–water partition coefficient (Wildman–Crippen LogP) is 2.67. The summed E-state index contributed by atoms with van der Waals surface area (Å²) in [6.07, 6.45) is 4.02. The Hall–Kier alpha value is -3.26. The predicted molar refractivity (Wildman–Crippen MR) is 113 cm³/mol. The number of carbonyl (C=O) groups excluding carboxylic acids is 1. The summed E-state index contributed by atoms with van der Waals surface area (Å²) in [6, 6.07) is 10.1. The quantitative estimate of drug-likeness (QED) is 0.699. The summed E-state index contributed by atoms with van der Waals surface area (Å²) in [5.41, 5.74) is 4.35. The van der Waals surface area contributed by atoms with E-state index >= 15 is 0 Å². The molecule has 3 heterocycles. The summed E-state index contributed by atoms with van der Waals surface area (Å²) in [7, 11) is 1.62. The van der Waals surface area contributed by atoms with Crippen molar-refractivity contribution in [2.24, 2.45) is 0 Å². The summed E-state index contributed by atoms with van der Waals surface area (Å²) in [5, 5.41) is 2.65. The smallest absolute Gasteiger partial charge is 0.317 e. The van der Waals surface area contributed by atoms with Crippen molar-refractivity contribution >= 4 is 17.1 Å². The molecule has 8 heteroatoms. The van der Waals surface area contributed by atoms with Crippen molar-refractivity contribution < 1.29 is 14.3 Å². The minimum absolute atomic E-state index is 0.115. The number of aromatic nitrogens is 3. The van der Waals surface area contributed by atoms with E-state index in [1.807, 2.05) is 6.07 Å². The van der Waals surface area contributed by atoms with E-state index < -0.39 is 0 Å². The fraction of sp³-hybridized carbons (Fsp3) is 0.364. The van der Waals surface area contributed by atoms with Crippen molar-refractivity contribution in [3.05, 3.63) is 48.3 Å². The molecule has 1 aliphatic rings. The van der Waals surface area contributed by atoms with Crippen LogP contribution in [-0.4, -0.2) is 65.3 Å². The highest BCUT2D eigenvalue weighted by Gasteiger charge is 2.24. The third-order valence-corrected chi connectivity index (χ3v) is 5.13. The molecule has 0 bridgehead atoms. The number of pyridine rings is 1. The first-order valence-electron chi connectivity index (χ1n) is 10.1. The van der Waals surface area contributed by atoms with Crippen LogP contribution in [0.25, 0.3) is 22.3 Å². The standard InChI is InChI=1S/C22H25N5O3/c1-3-15-4-6-16(7-5-15)18-12-19-20(25-9-8-24-19)21(26-18)30-14-17-13-27(10-11-29-17)22(28)23-2/h4-9,12,17H,3,10-11,13-14H2,1-2H3,(H,23,28)/t17-/m0/s1. The number of nitrogens with zero attached hydrogens (tertiary/aromatic N) is 4. The number of morpholine rings is 1. The molecule has 4 rings (SSSR count). The van der Waals surface area contributed by atoms with Crippen LogP contribution < -0.4 is 10.1 Å². The van der Waals surface area contributed by atoms with Gasteiger partial charge < -0.3 is 19.7 Å². The zero-order valence-corrected chi connectivity index (χ0v) is 17.2. The van der Waals surface area contributed by atoms with E-state index in [0.717, 1.165) is 17.7 Å². The zero-order valence-electron chi connectivity index (χ0n) is 17.2. The number of urea groups is 1. The Morgan fingerprint density at radius 3 is 2.83 bits per heavy atom. The fourth-order valence-electron chi connectivity index (χ4n) is 3.44. The van der Waals surface area contributed by atoms with Crippen molar-refractivity contribution in [2.45, 2.75) is 19.4 Å². The third kappa shape index (κ3) is 4.33. The second-order valence-corrected chi connectivity index (χ2v) is 7.09. The average Bonchev–Trinajstić information content (AvgIpc) is 2.82. The number of benzene rings is 1. The van der Waals surface area contributed by atoms with E-state index in [1.54, 1.807) is 24.3 Å². The Balaban J connectivity index is 1.57. The first kappa shape index (κ1) is 20.0. The molecule has 1 N–H and O–H groups in total. The molecule has 30 heavy (non-hydrogen) atoms. The number of fused-ring (bicyclic) bond motifs is 1. The van der Waals surface area contributed by atoms with Crippen LogP contribution in [0.2, 0.25) is 0 Å². The van der Waals surface area contributed by atoms with Gasteiger partial charge in [0.15, 0.2) is 5.52 Å². The van der Waals surface area contributed by atoms with Crippen LogP contribution in [0.3, 0.4) is 0 Å². The molecule has 156 valence electrons. The first-order valence-corrected chi connectivity index (χ1v) is 10.1. The lowest BCUT2D eigenvalue weighted by Gasteiger charge is -2.32. The van der Waals surface area contributed by atoms with E-state index in [0.29, 0.717) is 36.6 Å². The number of hydrogen-bond acceptors (Lipinski definition) is 6. The topological polar surface area (TPSA) is 89.5 Å². The molecule has 0 radical (unpaired) electrons. The largest absolute Gasteiger partial charge is 0.473 e. The molecule has 0 spiro atoms. The van der Waals surface area contributed by atoms with Gasteiger partial charge in [-0.1, -0.05) is 31.2 Å². The van der Waals surface area contributed by atoms with Crippen molar-refractivity contribution in [3.63, 3.8) is 0 Å². The summed E-state index contributed by atoms with van der Waals surface area (Å²) >= 11 is 0. The van der Waals surface area contributed by atoms with E-state index in [9.17, 15) is 4.79 Å². The fourth-order valence-corrected chi connectivity index (χ4v) is 3.44. The Labute approximate surface area is 175 Å². The first-order chi connectivity index (χ1) is 14.7. The van der Waals surface area contributed by atoms with Crippen LogP contribution >= 0.6 is 0 Å². The van der Waals surface area contributed by atoms with E-state index in [1.165, 1.54) is 5.56 Å². The molecule has 1 aliphatic heterocycles. The number of aryl methyl sites for hydroxylation is 1. The van der Waals surface area contributed by atoms with Crippen molar-refractivity contribution in [3.8, 4) is 17.1 Å². The number of amides is 2. The highest BCUT2D eigenvalue weighted by Crippen LogP contribution is 2.27. The molecule has 1 atom stereocenters. The van der Waals surface area contributed by atoms with Crippen LogP contribution in [0, 0.1) is 0 Å². The van der Waals surface area contributed by atoms with Crippen LogP contribution in [0.5, 0.6) is 5.88 Å². The summed E-state index contributed by atoms with van der Waals surface area (Å²) in [4.78, 5) is 27.1. The van der Waals surface area contributed by atoms with Gasteiger partial charge in [-0.15, -0.1) is 0 Å². The van der Waals surface area contributed by atoms with Crippen LogP contribution in [0.1, 0.15) is 12.5 Å². The average molecular weight is 407 g/mol. The maximum atomic E-state index is 11.9. The number of nitrogens with one attached hydrogen (secondary N) is 1. The maximum Gasteiger partial charge on any atom is 0.317 e. The minimum atomic E-state index is -0.239. The molecule has 2 aromatic heterocycles. The molecule has 0 aliphatic carbocycles. The summed E-state index contributed by atoms with van der Waals surface area (Å²) in [5.74, 6) is 0.413. The normalized spacial score (nSPS) is 16.5. The Bertz CT molecular complexity index is 1020. The van der Waals surface area contributed by atoms with Gasteiger partial charge in [0.25, 0.3) is 0 Å². The van der Waals surface area contributed by atoms with Gasteiger partial charge in [-0.25, -0.2) is 14.8 Å². The molecule has 2 amide bonds. The highest BCUT2D eigenvalue weighted by atomic mass is 16.5. The number of hydrogen-bond donors (Lipinski definition) is 1. The molecule has 3 aromatic rings. The summed E-state index contributed by atoms with van der Waals surface area (Å²) < 4.78 is 11.8. The minimum Gasteiger partial charge on any atom is -0.473 e. The number of ether oxygens (including phenoxy) is 2. The molecule has 8 nitrogen and oxygen atoms in total. The Morgan fingerprint density at radius 2 is 2.07 bits per heavy atom. The third-order valence-electron chi connectivity index (χ3n) is 5.13. The second kappa shape index (κ2) is 9.04. The maximum absolute atomic E-state index is 11.9. The number of carbonyl (C=O) groups is 1. The lowest BCUT2D eigenvalue weighted by molar-refractivity contribution is -0.0354. The van der Waals surface area contributed by atoms with Gasteiger partial charge in [-0.05, 0) is 18.1 Å². The van der Waals surface area contributed by atoms with E-state index in [2.05, 4.69) is 46.5 Å². The van der Waals surface area contributed by atoms with Gasteiger partial charge in [0.2, 0.25) is 5.88 Å². The van der Waals surface area contributed by atoms with Gasteiger partial charge in [-0.3, -0.25) is 4.98 Å². The van der Waals surface area contributed by atoms with Gasteiger partial charge in [-0.2, -0.15) is 0 Å². The molecule has 0 unspecified atom stereocenters. The molecule has 0 saturated carbocycles. The van der Waals surface area contributed by atoms with Crippen molar-refractivity contribution in [1.82, 2.24) is 25.2 Å². The SMILES string of the molecule is CCc1ccc(-c2cc3nccnc3c(OC[C@@H]3CN(C(=O)NC)CCO3)n2)cc1. The second-order valence-electron chi connectivity index (χ2n) is 7.09. The molecule has 1 saturated heterocycles. The lowest BCUT2D eigenvalue weighted by Crippen LogP contribution is -2.50. The highest BCUT2D eigenvalue weighted by molar-refractivity contribution is 5.83. The van der Waals surface area contributed by atoms with Gasteiger partial charge in [0, 0.05) is 31.5 Å². The lowest BCUT2D eigenvalue weighted by atomic mass is 10.1. The molecular formula is C22H25N5O3. The number of rotatable bonds is 5. The zero-order chi connectivity index (χ0) is 20.9. The molecule has 1 aromatic carbocycles. The van der Waals surface area contributed by atoms with Crippen LogP contribution in [-0.2, 0) is 11.2 Å². The van der Waals surface area contributed by atoms with E-state index in [4.69, 9.17) is 14.5 Å². The summed E-state index contributed by atoms with van der Waals surface area (Å²) in [6.45, 7) is 3.89. The molecule has 1 fully saturated rings. The van der Waals surface area contributed by atoms with Gasteiger partial charge in [0.1, 0.15) is 12.7 Å². The Kier molecular flexibility index (Phi) is 6.04. The Morgan fingerprint density at radius 1 is 1.27 bits per heavy atom. The monoisotopic (exact) mass is 407 g/mol. The van der Waals surface area contributed by atoms with Crippen LogP contribution in [0.15, 0.2) is 42.7 Å². The van der Waals surface area contributed by atoms with Gasteiger partial charge >= 0.3 is 6.03 Å². The van der Waals surface area contributed by atoms with Crippen LogP contribution in [0.4, 0.5) is 4.79 Å². The van der Waals surface area contributed by atoms with E-state index in [-0.39, 0.29) is 18.7 Å². The van der Waals surface area contributed by atoms with Gasteiger partial charge in [0.05, 0.1) is 24.4 Å².